The third-order valence-electron chi connectivity index (χ3n) is 7.62. The van der Waals surface area contributed by atoms with Crippen LogP contribution in [0.15, 0.2) is 35.1 Å². The Labute approximate surface area is 205 Å². The van der Waals surface area contributed by atoms with E-state index in [1.807, 2.05) is 24.3 Å². The average molecular weight is 488 g/mol. The number of esters is 1. The minimum atomic E-state index is -2.00. The van der Waals surface area contributed by atoms with E-state index in [-0.39, 0.29) is 18.6 Å². The van der Waals surface area contributed by atoms with Crippen molar-refractivity contribution in [1.82, 2.24) is 9.55 Å². The van der Waals surface area contributed by atoms with Gasteiger partial charge in [-0.1, -0.05) is 44.3 Å². The number of para-hydroxylation sites is 1. The number of carbonyl (C=O) groups is 1. The van der Waals surface area contributed by atoms with Gasteiger partial charge in [0, 0.05) is 6.42 Å². The highest BCUT2D eigenvalue weighted by Crippen LogP contribution is 2.39. The highest BCUT2D eigenvalue weighted by atomic mass is 28.3. The van der Waals surface area contributed by atoms with Gasteiger partial charge in [-0.3, -0.25) is 9.59 Å². The topological polar surface area (TPSA) is 105 Å². The number of rotatable bonds is 5. The molecule has 0 fully saturated rings. The lowest BCUT2D eigenvalue weighted by molar-refractivity contribution is -0.149. The van der Waals surface area contributed by atoms with Crippen molar-refractivity contribution in [1.29, 1.82) is 5.26 Å². The van der Waals surface area contributed by atoms with Gasteiger partial charge in [0.2, 0.25) is 0 Å². The van der Waals surface area contributed by atoms with Gasteiger partial charge < -0.3 is 14.4 Å². The number of nitriles is 1. The number of unbranched alkanes of at least 4 members (excludes halogenated alkanes) is 1. The molecule has 0 aliphatic carbocycles. The Kier molecular flexibility index (Phi) is 5.65. The van der Waals surface area contributed by atoms with Gasteiger partial charge in [0.1, 0.15) is 12.2 Å². The van der Waals surface area contributed by atoms with Crippen LogP contribution >= 0.6 is 0 Å². The molecule has 0 radical (unpaired) electrons. The molecule has 2 aromatic heterocycles. The monoisotopic (exact) mass is 487 g/mol. The number of carbonyl (C=O) groups excluding carboxylic acids is 1. The number of fused-ring (bicyclic) bond motifs is 5. The number of pyridine rings is 2. The lowest BCUT2D eigenvalue weighted by Gasteiger charge is -2.27. The third-order valence-corrected chi connectivity index (χ3v) is 11.1. The summed E-state index contributed by atoms with van der Waals surface area (Å²) in [5.41, 5.74) is 2.51. The second-order valence-corrected chi connectivity index (χ2v) is 15.0. The van der Waals surface area contributed by atoms with Crippen molar-refractivity contribution < 1.29 is 14.6 Å². The summed E-state index contributed by atoms with van der Waals surface area (Å²) in [7, 11) is -2.00. The van der Waals surface area contributed by atoms with Crippen molar-refractivity contribution in [2.45, 2.75) is 70.5 Å². The summed E-state index contributed by atoms with van der Waals surface area (Å²) in [6, 6.07) is 13.2. The summed E-state index contributed by atoms with van der Waals surface area (Å²) in [6.45, 7) is 6.71. The van der Waals surface area contributed by atoms with Crippen LogP contribution in [0, 0.1) is 11.3 Å². The van der Waals surface area contributed by atoms with Gasteiger partial charge in [0.05, 0.1) is 49.6 Å². The molecular weight excluding hydrogens is 458 g/mol. The highest BCUT2D eigenvalue weighted by Gasteiger charge is 2.40. The maximum atomic E-state index is 13.7. The lowest BCUT2D eigenvalue weighted by Crippen LogP contribution is -2.44. The van der Waals surface area contributed by atoms with Crippen LogP contribution in [0.2, 0.25) is 19.1 Å². The number of cyclic esters (lactones) is 1. The van der Waals surface area contributed by atoms with Crippen LogP contribution in [0.5, 0.6) is 0 Å². The van der Waals surface area contributed by atoms with Crippen molar-refractivity contribution in [2.24, 2.45) is 0 Å². The zero-order valence-corrected chi connectivity index (χ0v) is 21.4. The van der Waals surface area contributed by atoms with Crippen molar-refractivity contribution in [3.63, 3.8) is 0 Å². The normalized spacial score (nSPS) is 18.9. The minimum Gasteiger partial charge on any atom is -0.460 e. The SMILES string of the molecule is CC[C@@]1(O)CC(=O)OCc2c1cc1n(c2=O)Cc2c-1nc1ccccc1c2[Si](C)(C)CCCC#N. The molecule has 0 amide bonds. The number of ether oxygens (including phenoxy) is 1. The van der Waals surface area contributed by atoms with E-state index in [1.165, 1.54) is 5.19 Å². The van der Waals surface area contributed by atoms with Gasteiger partial charge in [-0.25, -0.2) is 4.98 Å². The summed E-state index contributed by atoms with van der Waals surface area (Å²) in [5.74, 6) is -0.507. The summed E-state index contributed by atoms with van der Waals surface area (Å²) in [6.07, 6.45) is 1.49. The quantitative estimate of drug-likeness (QED) is 0.261. The Morgan fingerprint density at radius 2 is 2.03 bits per heavy atom. The summed E-state index contributed by atoms with van der Waals surface area (Å²) < 4.78 is 7.01. The molecule has 7 nitrogen and oxygen atoms in total. The molecule has 2 aliphatic rings. The van der Waals surface area contributed by atoms with E-state index in [9.17, 15) is 14.7 Å². The molecular formula is C27H29N3O4Si. The Morgan fingerprint density at radius 1 is 1.26 bits per heavy atom. The van der Waals surface area contributed by atoms with E-state index in [4.69, 9.17) is 15.0 Å². The largest absolute Gasteiger partial charge is 0.460 e. The first-order valence-electron chi connectivity index (χ1n) is 12.1. The number of benzene rings is 1. The zero-order chi connectivity index (χ0) is 25.0. The predicted octanol–water partition coefficient (Wildman–Crippen LogP) is 3.69. The first kappa shape index (κ1) is 23.5. The molecule has 3 aromatic rings. The molecule has 5 rings (SSSR count). The smallest absolute Gasteiger partial charge is 0.309 e. The predicted molar refractivity (Wildman–Crippen MR) is 136 cm³/mol. The standard InChI is InChI=1S/C27H29N3O4Si/c1-4-27(33)14-23(31)34-16-19-20(27)13-22-24-18(15-30(22)26(19)32)25(35(2,3)12-8-7-11-28)17-9-5-6-10-21(17)29-24/h5-6,9-10,13,33H,4,7-8,12,14-16H2,1-3H3/t27-/m1/s1. The highest BCUT2D eigenvalue weighted by molar-refractivity contribution is 6.91. The minimum absolute atomic E-state index is 0.136. The van der Waals surface area contributed by atoms with E-state index in [0.717, 1.165) is 34.6 Å². The number of aliphatic hydroxyl groups is 1. The van der Waals surface area contributed by atoms with Crippen molar-refractivity contribution in [3.05, 3.63) is 57.4 Å². The summed E-state index contributed by atoms with van der Waals surface area (Å²) in [5, 5.41) is 22.8. The Bertz CT molecular complexity index is 1470. The third kappa shape index (κ3) is 3.70. The van der Waals surface area contributed by atoms with Crippen molar-refractivity contribution in [3.8, 4) is 17.5 Å². The van der Waals surface area contributed by atoms with Crippen molar-refractivity contribution in [2.75, 3.05) is 0 Å². The van der Waals surface area contributed by atoms with Crippen LogP contribution < -0.4 is 10.7 Å². The van der Waals surface area contributed by atoms with E-state index in [1.54, 1.807) is 11.5 Å². The molecule has 0 spiro atoms. The second-order valence-electron chi connectivity index (χ2n) is 10.3. The Hall–Kier alpha value is -3.28. The molecule has 1 aromatic carbocycles. The maximum Gasteiger partial charge on any atom is 0.309 e. The van der Waals surface area contributed by atoms with E-state index >= 15 is 0 Å². The molecule has 1 atom stereocenters. The summed E-state index contributed by atoms with van der Waals surface area (Å²) >= 11 is 0. The van der Waals surface area contributed by atoms with Crippen LogP contribution in [-0.4, -0.2) is 28.7 Å². The molecule has 0 saturated carbocycles. The molecule has 0 saturated heterocycles. The fourth-order valence-electron chi connectivity index (χ4n) is 5.73. The number of nitrogens with zero attached hydrogens (tertiary/aromatic N) is 3. The molecule has 0 bridgehead atoms. The first-order chi connectivity index (χ1) is 16.7. The average Bonchev–Trinajstić information content (AvgIpc) is 3.13. The fraction of sp³-hybridized carbons (Fsp3) is 0.407. The van der Waals surface area contributed by atoms with Crippen LogP contribution in [0.4, 0.5) is 0 Å². The van der Waals surface area contributed by atoms with E-state index in [0.29, 0.717) is 36.2 Å². The lowest BCUT2D eigenvalue weighted by atomic mass is 9.85. The fourth-order valence-corrected chi connectivity index (χ4v) is 9.00. The molecule has 180 valence electrons. The van der Waals surface area contributed by atoms with Gasteiger partial charge in [0.25, 0.3) is 5.56 Å². The molecule has 4 heterocycles. The van der Waals surface area contributed by atoms with Gasteiger partial charge in [-0.2, -0.15) is 5.26 Å². The summed E-state index contributed by atoms with van der Waals surface area (Å²) in [4.78, 5) is 30.9. The maximum absolute atomic E-state index is 13.7. The van der Waals surface area contributed by atoms with E-state index in [2.05, 4.69) is 25.2 Å². The molecule has 8 heteroatoms. The van der Waals surface area contributed by atoms with Crippen LogP contribution in [0.3, 0.4) is 0 Å². The van der Waals surface area contributed by atoms with Gasteiger partial charge >= 0.3 is 5.97 Å². The number of hydrogen-bond donors (Lipinski definition) is 1. The molecule has 0 unspecified atom stereocenters. The zero-order valence-electron chi connectivity index (χ0n) is 20.4. The second kappa shape index (κ2) is 8.43. The van der Waals surface area contributed by atoms with Gasteiger partial charge in [0.15, 0.2) is 0 Å². The van der Waals surface area contributed by atoms with Crippen molar-refractivity contribution >= 4 is 30.1 Å². The number of hydrogen-bond acceptors (Lipinski definition) is 6. The number of aromatic nitrogens is 2. The van der Waals surface area contributed by atoms with Crippen LogP contribution in [0.1, 0.15) is 49.3 Å². The molecule has 1 N–H and O–H groups in total. The molecule has 35 heavy (non-hydrogen) atoms. The van der Waals surface area contributed by atoms with Crippen LogP contribution in [-0.2, 0) is 28.3 Å². The van der Waals surface area contributed by atoms with Gasteiger partial charge in [-0.15, -0.1) is 0 Å². The molecule has 2 aliphatic heterocycles. The van der Waals surface area contributed by atoms with E-state index < -0.39 is 19.6 Å². The Balaban J connectivity index is 1.77. The Morgan fingerprint density at radius 3 is 2.77 bits per heavy atom. The van der Waals surface area contributed by atoms with Crippen LogP contribution in [0.25, 0.3) is 22.3 Å². The van der Waals surface area contributed by atoms with Gasteiger partial charge in [-0.05, 0) is 46.7 Å². The first-order valence-corrected chi connectivity index (χ1v) is 15.4.